The SMILES string of the molecule is CSc1ccc([C@@H]2C(C(=O)Nc3ccc(C)cc3C)=C(C)Nc3nc(SCc4ccccc4)nn32)cc1. The largest absolute Gasteiger partial charge is 0.328 e. The van der Waals surface area contributed by atoms with Crippen molar-refractivity contribution in [2.75, 3.05) is 16.9 Å². The van der Waals surface area contributed by atoms with Gasteiger partial charge in [0, 0.05) is 22.0 Å². The molecule has 0 unspecified atom stereocenters. The number of aromatic nitrogens is 3. The van der Waals surface area contributed by atoms with Crippen LogP contribution in [-0.4, -0.2) is 26.9 Å². The lowest BCUT2D eigenvalue weighted by molar-refractivity contribution is -0.113. The number of nitrogens with one attached hydrogen (secondary N) is 2. The number of rotatable bonds is 7. The van der Waals surface area contributed by atoms with E-state index in [4.69, 9.17) is 10.1 Å². The third-order valence-corrected chi connectivity index (χ3v) is 8.00. The summed E-state index contributed by atoms with van der Waals surface area (Å²) >= 11 is 3.27. The van der Waals surface area contributed by atoms with E-state index in [1.54, 1.807) is 23.5 Å². The van der Waals surface area contributed by atoms with Gasteiger partial charge in [-0.1, -0.05) is 71.9 Å². The molecule has 0 bridgehead atoms. The van der Waals surface area contributed by atoms with Crippen molar-refractivity contribution in [2.45, 2.75) is 42.6 Å². The lowest BCUT2D eigenvalue weighted by Crippen LogP contribution is -2.31. The van der Waals surface area contributed by atoms with Crippen LogP contribution < -0.4 is 10.6 Å². The second-order valence-electron chi connectivity index (χ2n) is 9.05. The highest BCUT2D eigenvalue weighted by molar-refractivity contribution is 7.98. The molecule has 5 rings (SSSR count). The zero-order valence-electron chi connectivity index (χ0n) is 21.3. The number of benzene rings is 3. The second kappa shape index (κ2) is 10.9. The molecule has 1 amide bonds. The molecular weight excluding hydrogens is 498 g/mol. The summed E-state index contributed by atoms with van der Waals surface area (Å²) in [6.07, 6.45) is 2.05. The third kappa shape index (κ3) is 5.45. The Morgan fingerprint density at radius 2 is 1.78 bits per heavy atom. The van der Waals surface area contributed by atoms with Crippen LogP contribution in [0.5, 0.6) is 0 Å². The van der Waals surface area contributed by atoms with Gasteiger partial charge in [0.05, 0.1) is 5.57 Å². The average molecular weight is 528 g/mol. The van der Waals surface area contributed by atoms with E-state index in [0.717, 1.165) is 38.7 Å². The van der Waals surface area contributed by atoms with E-state index in [-0.39, 0.29) is 5.91 Å². The quantitative estimate of drug-likeness (QED) is 0.257. The van der Waals surface area contributed by atoms with E-state index in [0.29, 0.717) is 16.7 Å². The minimum atomic E-state index is -0.406. The molecule has 4 aromatic rings. The Hall–Kier alpha value is -3.49. The highest BCUT2D eigenvalue weighted by atomic mass is 32.2. The number of thioether (sulfide) groups is 2. The van der Waals surface area contributed by atoms with Gasteiger partial charge >= 0.3 is 0 Å². The van der Waals surface area contributed by atoms with Crippen LogP contribution in [0.1, 0.15) is 35.2 Å². The maximum Gasteiger partial charge on any atom is 0.255 e. The highest BCUT2D eigenvalue weighted by Crippen LogP contribution is 2.37. The van der Waals surface area contributed by atoms with E-state index in [2.05, 4.69) is 59.4 Å². The maximum absolute atomic E-state index is 13.8. The normalized spacial score (nSPS) is 14.8. The number of allylic oxidation sites excluding steroid dienone is 1. The monoisotopic (exact) mass is 527 g/mol. The summed E-state index contributed by atoms with van der Waals surface area (Å²) < 4.78 is 1.84. The standard InChI is InChI=1S/C29H29N5OS2/c1-18-10-15-24(19(2)16-18)31-27(35)25-20(3)30-28-32-29(37-17-21-8-6-5-7-9-21)33-34(28)26(25)22-11-13-23(36-4)14-12-22/h5-16,26H,17H2,1-4H3,(H,31,35)(H,30,32,33)/t26-/m1/s1. The lowest BCUT2D eigenvalue weighted by Gasteiger charge is -2.29. The minimum Gasteiger partial charge on any atom is -0.328 e. The van der Waals surface area contributed by atoms with Crippen LogP contribution in [0.2, 0.25) is 0 Å². The molecular formula is C29H29N5OS2. The average Bonchev–Trinajstić information content (AvgIpc) is 3.31. The fourth-order valence-corrected chi connectivity index (χ4v) is 5.64. The Balaban J connectivity index is 1.50. The van der Waals surface area contributed by atoms with Crippen molar-refractivity contribution >= 4 is 41.1 Å². The van der Waals surface area contributed by atoms with E-state index < -0.39 is 6.04 Å². The molecule has 0 fully saturated rings. The van der Waals surface area contributed by atoms with Crippen molar-refractivity contribution in [3.05, 3.63) is 106 Å². The second-order valence-corrected chi connectivity index (χ2v) is 10.9. The van der Waals surface area contributed by atoms with Crippen LogP contribution in [0.15, 0.2) is 94.1 Å². The van der Waals surface area contributed by atoms with Crippen molar-refractivity contribution in [3.63, 3.8) is 0 Å². The highest BCUT2D eigenvalue weighted by Gasteiger charge is 2.34. The summed E-state index contributed by atoms with van der Waals surface area (Å²) in [6, 6.07) is 24.2. The number of aryl methyl sites for hydroxylation is 2. The molecule has 6 nitrogen and oxygen atoms in total. The van der Waals surface area contributed by atoms with Gasteiger partial charge in [0.25, 0.3) is 5.91 Å². The molecule has 1 aliphatic rings. The topological polar surface area (TPSA) is 71.8 Å². The number of nitrogens with zero attached hydrogens (tertiary/aromatic N) is 3. The number of amides is 1. The number of hydrogen-bond acceptors (Lipinski definition) is 6. The van der Waals surface area contributed by atoms with Gasteiger partial charge in [-0.15, -0.1) is 16.9 Å². The molecule has 0 saturated heterocycles. The number of fused-ring (bicyclic) bond motifs is 1. The lowest BCUT2D eigenvalue weighted by atomic mass is 9.95. The van der Waals surface area contributed by atoms with Gasteiger partial charge in [0.15, 0.2) is 0 Å². The Kier molecular flexibility index (Phi) is 7.39. The van der Waals surface area contributed by atoms with E-state index in [9.17, 15) is 4.79 Å². The molecule has 8 heteroatoms. The van der Waals surface area contributed by atoms with Crippen molar-refractivity contribution in [1.82, 2.24) is 14.8 Å². The number of anilines is 2. The molecule has 0 radical (unpaired) electrons. The molecule has 0 saturated carbocycles. The molecule has 37 heavy (non-hydrogen) atoms. The summed E-state index contributed by atoms with van der Waals surface area (Å²) in [6.45, 7) is 5.98. The fourth-order valence-electron chi connectivity index (χ4n) is 4.45. The van der Waals surface area contributed by atoms with E-state index in [1.165, 1.54) is 5.56 Å². The summed E-state index contributed by atoms with van der Waals surface area (Å²) in [5, 5.41) is 12.0. The molecule has 1 aliphatic heterocycles. The number of hydrogen-bond donors (Lipinski definition) is 2. The first-order valence-corrected chi connectivity index (χ1v) is 14.3. The molecule has 188 valence electrons. The first-order chi connectivity index (χ1) is 17.9. The van der Waals surface area contributed by atoms with Crippen molar-refractivity contribution in [3.8, 4) is 0 Å². The Labute approximate surface area is 226 Å². The Morgan fingerprint density at radius 1 is 1.03 bits per heavy atom. The predicted octanol–water partition coefficient (Wildman–Crippen LogP) is 6.84. The number of carbonyl (C=O) groups excluding carboxylic acids is 1. The summed E-state index contributed by atoms with van der Waals surface area (Å²) in [5.41, 5.74) is 6.56. The van der Waals surface area contributed by atoms with Gasteiger partial charge in [-0.25, -0.2) is 4.68 Å². The third-order valence-electron chi connectivity index (χ3n) is 6.35. The zero-order valence-corrected chi connectivity index (χ0v) is 22.9. The summed E-state index contributed by atoms with van der Waals surface area (Å²) in [7, 11) is 0. The van der Waals surface area contributed by atoms with Gasteiger partial charge in [0.2, 0.25) is 11.1 Å². The van der Waals surface area contributed by atoms with Gasteiger partial charge in [-0.2, -0.15) is 4.98 Å². The molecule has 1 aromatic heterocycles. The van der Waals surface area contributed by atoms with Crippen LogP contribution in [0.4, 0.5) is 11.6 Å². The van der Waals surface area contributed by atoms with Gasteiger partial charge in [0.1, 0.15) is 6.04 Å². The van der Waals surface area contributed by atoms with Crippen LogP contribution >= 0.6 is 23.5 Å². The first-order valence-electron chi connectivity index (χ1n) is 12.1. The van der Waals surface area contributed by atoms with Gasteiger partial charge in [-0.05, 0) is 61.9 Å². The molecule has 2 N–H and O–H groups in total. The maximum atomic E-state index is 13.8. The molecule has 2 heterocycles. The molecule has 0 spiro atoms. The molecule has 0 aliphatic carbocycles. The first kappa shape index (κ1) is 25.2. The molecule has 1 atom stereocenters. The van der Waals surface area contributed by atoms with Crippen molar-refractivity contribution in [1.29, 1.82) is 0 Å². The van der Waals surface area contributed by atoms with Crippen LogP contribution in [0.25, 0.3) is 0 Å². The molecule has 3 aromatic carbocycles. The van der Waals surface area contributed by atoms with E-state index >= 15 is 0 Å². The predicted molar refractivity (Wildman–Crippen MR) is 153 cm³/mol. The zero-order chi connectivity index (χ0) is 25.9. The van der Waals surface area contributed by atoms with Crippen LogP contribution in [-0.2, 0) is 10.5 Å². The summed E-state index contributed by atoms with van der Waals surface area (Å²) in [4.78, 5) is 19.7. The number of carbonyl (C=O) groups is 1. The van der Waals surface area contributed by atoms with E-state index in [1.807, 2.05) is 55.8 Å². The van der Waals surface area contributed by atoms with Crippen molar-refractivity contribution < 1.29 is 4.79 Å². The minimum absolute atomic E-state index is 0.157. The van der Waals surface area contributed by atoms with Gasteiger partial charge < -0.3 is 10.6 Å². The Bertz CT molecular complexity index is 1460. The van der Waals surface area contributed by atoms with Crippen LogP contribution in [0, 0.1) is 13.8 Å². The van der Waals surface area contributed by atoms with Crippen LogP contribution in [0.3, 0.4) is 0 Å². The summed E-state index contributed by atoms with van der Waals surface area (Å²) in [5.74, 6) is 1.25. The Morgan fingerprint density at radius 3 is 2.49 bits per heavy atom. The smallest absolute Gasteiger partial charge is 0.255 e. The van der Waals surface area contributed by atoms with Gasteiger partial charge in [-0.3, -0.25) is 4.79 Å². The fraction of sp³-hybridized carbons (Fsp3) is 0.207. The van der Waals surface area contributed by atoms with Crippen molar-refractivity contribution in [2.24, 2.45) is 0 Å².